The van der Waals surface area contributed by atoms with Gasteiger partial charge in [0.2, 0.25) is 0 Å². The summed E-state index contributed by atoms with van der Waals surface area (Å²) in [5.41, 5.74) is 0. The first-order valence-electron chi connectivity index (χ1n) is 3.18. The van der Waals surface area contributed by atoms with Crippen molar-refractivity contribution in [3.8, 4) is 0 Å². The smallest absolute Gasteiger partial charge is 0.332 e. The number of rotatable bonds is 2. The summed E-state index contributed by atoms with van der Waals surface area (Å²) in [5.74, 6) is -2.74. The Balaban J connectivity index is 0. The average Bonchev–Trinajstić information content (AvgIpc) is 2.33. The predicted molar refractivity (Wildman–Crippen MR) is 33.1 cm³/mol. The minimum Gasteiger partial charge on any atom is -0.481 e. The maximum Gasteiger partial charge on any atom is 0.332 e. The van der Waals surface area contributed by atoms with Gasteiger partial charge in [0.15, 0.2) is 6.10 Å². The van der Waals surface area contributed by atoms with E-state index in [1.807, 2.05) is 0 Å². The van der Waals surface area contributed by atoms with E-state index < -0.39 is 24.0 Å². The third-order valence-corrected chi connectivity index (χ3v) is 1.62. The van der Waals surface area contributed by atoms with Crippen molar-refractivity contribution in [3.05, 3.63) is 0 Å². The van der Waals surface area contributed by atoms with Gasteiger partial charge >= 0.3 is 11.9 Å². The molecule has 0 aromatic carbocycles. The minimum absolute atomic E-state index is 0. The van der Waals surface area contributed by atoms with Crippen LogP contribution in [0.25, 0.3) is 0 Å². The summed E-state index contributed by atoms with van der Waals surface area (Å²) < 4.78 is 4.71. The summed E-state index contributed by atoms with van der Waals surface area (Å²) in [6.45, 7) is 0.00625. The first kappa shape index (κ1) is 15.8. The van der Waals surface area contributed by atoms with Gasteiger partial charge in [-0.15, -0.1) is 0 Å². The second-order valence-corrected chi connectivity index (χ2v) is 2.43. The molecular weight excluding hydrogens is 368 g/mol. The van der Waals surface area contributed by atoms with Gasteiger partial charge in [-0.05, 0) is 6.42 Å². The van der Waals surface area contributed by atoms with E-state index in [1.54, 1.807) is 0 Å². The molecule has 1 aliphatic heterocycles. The van der Waals surface area contributed by atoms with Gasteiger partial charge in [0, 0.05) is 44.8 Å². The molecule has 1 aliphatic rings. The molecule has 13 heavy (non-hydrogen) atoms. The molecule has 0 bridgehead atoms. The number of carbonyl (C=O) groups is 2. The Kier molecular flexibility index (Phi) is 8.26. The van der Waals surface area contributed by atoms with E-state index in [0.717, 1.165) is 0 Å². The van der Waals surface area contributed by atoms with Crippen LogP contribution in [0, 0.1) is 5.92 Å². The molecular formula is C6H8Ag2O5. The van der Waals surface area contributed by atoms with Crippen molar-refractivity contribution in [2.24, 2.45) is 5.92 Å². The monoisotopic (exact) mass is 374 g/mol. The van der Waals surface area contributed by atoms with Gasteiger partial charge in [-0.1, -0.05) is 0 Å². The van der Waals surface area contributed by atoms with Crippen molar-refractivity contribution >= 4 is 11.9 Å². The van der Waals surface area contributed by atoms with Crippen molar-refractivity contribution < 1.29 is 69.3 Å². The van der Waals surface area contributed by atoms with E-state index in [4.69, 9.17) is 14.9 Å². The molecule has 0 aliphatic carbocycles. The van der Waals surface area contributed by atoms with E-state index in [1.165, 1.54) is 0 Å². The van der Waals surface area contributed by atoms with Gasteiger partial charge in [-0.25, -0.2) is 4.79 Å². The topological polar surface area (TPSA) is 83.8 Å². The van der Waals surface area contributed by atoms with Crippen LogP contribution in [0.4, 0.5) is 0 Å². The number of hydrogen-bond donors (Lipinski definition) is 2. The van der Waals surface area contributed by atoms with Crippen molar-refractivity contribution in [2.75, 3.05) is 6.61 Å². The van der Waals surface area contributed by atoms with Gasteiger partial charge in [0.1, 0.15) is 0 Å². The van der Waals surface area contributed by atoms with Crippen LogP contribution in [0.15, 0.2) is 0 Å². The molecule has 2 unspecified atom stereocenters. The minimum atomic E-state index is -1.09. The molecule has 2 atom stereocenters. The molecule has 0 spiro atoms. The largest absolute Gasteiger partial charge is 0.481 e. The number of aliphatic carboxylic acids is 2. The molecule has 0 saturated carbocycles. The molecule has 0 amide bonds. The van der Waals surface area contributed by atoms with Gasteiger partial charge in [-0.2, -0.15) is 0 Å². The van der Waals surface area contributed by atoms with Gasteiger partial charge < -0.3 is 14.9 Å². The summed E-state index contributed by atoms with van der Waals surface area (Å²) in [6, 6.07) is 0. The maximum absolute atomic E-state index is 10.3. The average molecular weight is 376 g/mol. The standard InChI is InChI=1S/C6H8O5.2Ag/c7-5(8)3-1-4(6(9)10)11-2-3;;/h3-4H,1-2H2,(H,7,8)(H,9,10);;. The van der Waals surface area contributed by atoms with Crippen LogP contribution >= 0.6 is 0 Å². The Hall–Kier alpha value is 0.381. The van der Waals surface area contributed by atoms with Crippen molar-refractivity contribution in [3.63, 3.8) is 0 Å². The quantitative estimate of drug-likeness (QED) is 0.639. The summed E-state index contributed by atoms with van der Waals surface area (Å²) in [6.07, 6.45) is -0.860. The molecule has 1 rings (SSSR count). The fourth-order valence-corrected chi connectivity index (χ4v) is 0.971. The molecule has 1 saturated heterocycles. The Morgan fingerprint density at radius 2 is 1.69 bits per heavy atom. The van der Waals surface area contributed by atoms with Crippen LogP contribution in [0.3, 0.4) is 0 Å². The fourth-order valence-electron chi connectivity index (χ4n) is 0.971. The molecule has 0 aromatic heterocycles. The van der Waals surface area contributed by atoms with Gasteiger partial charge in [-0.3, -0.25) is 4.79 Å². The zero-order valence-corrected chi connectivity index (χ0v) is 9.26. The zero-order valence-electron chi connectivity index (χ0n) is 6.29. The summed E-state index contributed by atoms with van der Waals surface area (Å²) in [5, 5.41) is 16.8. The predicted octanol–water partition coefficient (Wildman–Crippen LogP) is -0.444. The van der Waals surface area contributed by atoms with Crippen LogP contribution in [-0.2, 0) is 59.1 Å². The SMILES string of the molecule is O=C(O)C1COC(C(=O)O)C1.[Ag].[Ag]. The third-order valence-electron chi connectivity index (χ3n) is 1.62. The summed E-state index contributed by atoms with van der Waals surface area (Å²) in [7, 11) is 0. The van der Waals surface area contributed by atoms with E-state index in [0.29, 0.717) is 0 Å². The Labute approximate surface area is 106 Å². The van der Waals surface area contributed by atoms with Crippen LogP contribution in [0.1, 0.15) is 6.42 Å². The zero-order chi connectivity index (χ0) is 8.43. The molecule has 2 N–H and O–H groups in total. The van der Waals surface area contributed by atoms with Crippen LogP contribution in [0.5, 0.6) is 0 Å². The van der Waals surface area contributed by atoms with E-state index in [9.17, 15) is 9.59 Å². The first-order valence-corrected chi connectivity index (χ1v) is 3.18. The van der Waals surface area contributed by atoms with E-state index in [-0.39, 0.29) is 57.8 Å². The molecule has 84 valence electrons. The van der Waals surface area contributed by atoms with Crippen LogP contribution < -0.4 is 0 Å². The van der Waals surface area contributed by atoms with Gasteiger partial charge in [0.25, 0.3) is 0 Å². The number of hydrogen-bond acceptors (Lipinski definition) is 3. The first-order chi connectivity index (χ1) is 5.11. The Bertz CT molecular complexity index is 175. The molecule has 1 heterocycles. The van der Waals surface area contributed by atoms with Crippen LogP contribution in [-0.4, -0.2) is 34.9 Å². The second kappa shape index (κ2) is 6.78. The molecule has 2 radical (unpaired) electrons. The van der Waals surface area contributed by atoms with E-state index >= 15 is 0 Å². The van der Waals surface area contributed by atoms with Crippen LogP contribution in [0.2, 0.25) is 0 Å². The number of carboxylic acid groups (broad SMARTS) is 2. The Morgan fingerprint density at radius 3 is 1.92 bits per heavy atom. The summed E-state index contributed by atoms with van der Waals surface area (Å²) in [4.78, 5) is 20.5. The number of ether oxygens (including phenoxy) is 1. The molecule has 7 heteroatoms. The van der Waals surface area contributed by atoms with Crippen molar-refractivity contribution in [2.45, 2.75) is 12.5 Å². The Morgan fingerprint density at radius 1 is 1.15 bits per heavy atom. The normalized spacial score (nSPS) is 25.5. The third kappa shape index (κ3) is 4.42. The summed E-state index contributed by atoms with van der Waals surface area (Å²) >= 11 is 0. The van der Waals surface area contributed by atoms with Crippen molar-refractivity contribution in [1.82, 2.24) is 0 Å². The maximum atomic E-state index is 10.3. The second-order valence-electron chi connectivity index (χ2n) is 2.43. The number of carboxylic acids is 2. The fraction of sp³-hybridized carbons (Fsp3) is 0.667. The molecule has 5 nitrogen and oxygen atoms in total. The van der Waals surface area contributed by atoms with Crippen molar-refractivity contribution in [1.29, 1.82) is 0 Å². The van der Waals surface area contributed by atoms with Gasteiger partial charge in [0.05, 0.1) is 12.5 Å². The molecule has 0 aromatic rings. The molecule has 1 fully saturated rings. The van der Waals surface area contributed by atoms with E-state index in [2.05, 4.69) is 0 Å².